The van der Waals surface area contributed by atoms with Crippen LogP contribution in [-0.2, 0) is 28.9 Å². The van der Waals surface area contributed by atoms with Crippen LogP contribution in [0.25, 0.3) is 0 Å². The summed E-state index contributed by atoms with van der Waals surface area (Å²) in [5, 5.41) is 14.3. The Bertz CT molecular complexity index is 844. The molecular weight excluding hydrogens is 488 g/mol. The second kappa shape index (κ2) is 15.1. The summed E-state index contributed by atoms with van der Waals surface area (Å²) in [7, 11) is 11.0. The number of amides is 4. The van der Waals surface area contributed by atoms with Crippen molar-refractivity contribution in [2.45, 2.75) is 13.8 Å². The van der Waals surface area contributed by atoms with Crippen LogP contribution in [0.4, 0.5) is 9.59 Å². The smallest absolute Gasteiger partial charge is 0.399 e. The van der Waals surface area contributed by atoms with Crippen LogP contribution >= 0.6 is 12.1 Å². The van der Waals surface area contributed by atoms with Crippen LogP contribution in [0.2, 0.25) is 0 Å². The molecule has 196 valence electrons. The van der Waals surface area contributed by atoms with Gasteiger partial charge in [0, 0.05) is 42.3 Å². The molecule has 0 atom stereocenters. The minimum atomic E-state index is -1.03. The van der Waals surface area contributed by atoms with E-state index < -0.39 is 24.0 Å². The zero-order valence-electron chi connectivity index (χ0n) is 21.3. The van der Waals surface area contributed by atoms with Crippen LogP contribution in [-0.4, -0.2) is 122 Å². The number of carbonyl (C=O) groups excluding carboxylic acids is 4. The molecule has 0 aliphatic rings. The van der Waals surface area contributed by atoms with Gasteiger partial charge in [-0.25, -0.2) is 18.2 Å². The summed E-state index contributed by atoms with van der Waals surface area (Å²) in [6, 6.07) is 0. The molecule has 0 N–H and O–H groups in total. The molecule has 0 aromatic heterocycles. The van der Waals surface area contributed by atoms with Gasteiger partial charge in [0.15, 0.2) is 11.4 Å². The van der Waals surface area contributed by atoms with E-state index in [4.69, 9.17) is 9.68 Å². The molecule has 35 heavy (non-hydrogen) atoms. The Kier molecular flexibility index (Phi) is 13.4. The van der Waals surface area contributed by atoms with E-state index in [9.17, 15) is 19.2 Å². The maximum absolute atomic E-state index is 12.3. The molecule has 0 saturated carbocycles. The second-order valence-electron chi connectivity index (χ2n) is 6.79. The lowest BCUT2D eigenvalue weighted by Crippen LogP contribution is -2.35. The van der Waals surface area contributed by atoms with E-state index in [1.165, 1.54) is 80.2 Å². The largest absolute Gasteiger partial charge is 0.447 e. The summed E-state index contributed by atoms with van der Waals surface area (Å²) < 4.78 is 1.77. The Labute approximate surface area is 207 Å². The first kappa shape index (κ1) is 31.1. The first-order chi connectivity index (χ1) is 16.3. The topological polar surface area (TPSA) is 168 Å². The molecule has 0 spiro atoms. The lowest BCUT2D eigenvalue weighted by atomic mass is 10.2. The molecule has 0 aromatic carbocycles. The third kappa shape index (κ3) is 10.3. The lowest BCUT2D eigenvalue weighted by Gasteiger charge is -2.19. The van der Waals surface area contributed by atoms with Gasteiger partial charge in [-0.15, -0.1) is 0 Å². The standard InChI is InChI=1S/C18H30N8O8S/c1-11(19-31-9)13(15(27)23(3)4)21-33-17(29)25(7)35-26(8)18(30)34-22-14(12(2)20-32-10)16(28)24(5)6/h1-10H3/b19-11+,20-12+,21-13-,22-14+. The van der Waals surface area contributed by atoms with E-state index in [2.05, 4.69) is 30.3 Å². The van der Waals surface area contributed by atoms with Gasteiger partial charge >= 0.3 is 12.2 Å². The zero-order valence-corrected chi connectivity index (χ0v) is 22.1. The Morgan fingerprint density at radius 1 is 0.600 bits per heavy atom. The molecule has 0 heterocycles. The summed E-state index contributed by atoms with van der Waals surface area (Å²) in [4.78, 5) is 70.2. The minimum absolute atomic E-state index is 0.0724. The molecule has 0 fully saturated rings. The highest BCUT2D eigenvalue weighted by Gasteiger charge is 2.24. The first-order valence-electron chi connectivity index (χ1n) is 9.61. The number of nitrogens with zero attached hydrogens (tertiary/aromatic N) is 8. The zero-order chi connectivity index (χ0) is 27.3. The van der Waals surface area contributed by atoms with Gasteiger partial charge in [-0.2, -0.15) is 0 Å². The maximum Gasteiger partial charge on any atom is 0.447 e. The Hall–Kier alpha value is -3.89. The van der Waals surface area contributed by atoms with E-state index in [0.717, 1.165) is 8.61 Å². The van der Waals surface area contributed by atoms with Gasteiger partial charge in [0.25, 0.3) is 11.8 Å². The molecule has 0 aliphatic heterocycles. The monoisotopic (exact) mass is 518 g/mol. The van der Waals surface area contributed by atoms with Crippen LogP contribution in [0.15, 0.2) is 20.6 Å². The maximum atomic E-state index is 12.3. The van der Waals surface area contributed by atoms with Crippen LogP contribution in [0.1, 0.15) is 13.8 Å². The molecule has 4 amide bonds. The first-order valence-corrected chi connectivity index (χ1v) is 10.3. The normalized spacial score (nSPS) is 12.4. The molecule has 0 saturated heterocycles. The number of rotatable bonds is 10. The highest BCUT2D eigenvalue weighted by molar-refractivity contribution is 7.95. The molecule has 0 unspecified atom stereocenters. The SMILES string of the molecule is CO/N=C(C)/C(=N/OC(=O)N(C)SN(C)C(=O)O/N=C(C(=O)N(C)C)\C(C)=N\OC)C(=O)N(C)C. The number of hydrogen-bond acceptors (Lipinski definition) is 13. The lowest BCUT2D eigenvalue weighted by molar-refractivity contribution is -0.122. The van der Waals surface area contributed by atoms with Gasteiger partial charge in [0.2, 0.25) is 0 Å². The predicted octanol–water partition coefficient (Wildman–Crippen LogP) is 0.619. The number of oxime groups is 4. The molecule has 16 nitrogen and oxygen atoms in total. The molecule has 0 radical (unpaired) electrons. The Balaban J connectivity index is 5.37. The van der Waals surface area contributed by atoms with Crippen molar-refractivity contribution in [2.75, 3.05) is 56.5 Å². The predicted molar refractivity (Wildman–Crippen MR) is 129 cm³/mol. The summed E-state index contributed by atoms with van der Waals surface area (Å²) in [5.41, 5.74) is -0.389. The van der Waals surface area contributed by atoms with Gasteiger partial charge in [-0.05, 0) is 13.8 Å². The van der Waals surface area contributed by atoms with Crippen LogP contribution in [0, 0.1) is 0 Å². The summed E-state index contributed by atoms with van der Waals surface area (Å²) in [6.07, 6.45) is -2.06. The highest BCUT2D eigenvalue weighted by atomic mass is 32.2. The summed E-state index contributed by atoms with van der Waals surface area (Å²) in [6.45, 7) is 2.88. The van der Waals surface area contributed by atoms with Gasteiger partial charge in [-0.3, -0.25) is 19.3 Å². The van der Waals surface area contributed by atoms with Crippen molar-refractivity contribution >= 4 is 59.0 Å². The van der Waals surface area contributed by atoms with Gasteiger partial charge < -0.3 is 19.5 Å². The van der Waals surface area contributed by atoms with Crippen molar-refractivity contribution in [1.29, 1.82) is 0 Å². The quantitative estimate of drug-likeness (QED) is 0.174. The van der Waals surface area contributed by atoms with Crippen molar-refractivity contribution in [2.24, 2.45) is 20.6 Å². The Morgan fingerprint density at radius 2 is 0.914 bits per heavy atom. The fourth-order valence-electron chi connectivity index (χ4n) is 1.84. The second-order valence-corrected chi connectivity index (χ2v) is 8.05. The Morgan fingerprint density at radius 3 is 1.17 bits per heavy atom. The summed E-state index contributed by atoms with van der Waals surface area (Å²) >= 11 is 0.564. The van der Waals surface area contributed by atoms with Crippen LogP contribution < -0.4 is 0 Å². The van der Waals surface area contributed by atoms with E-state index >= 15 is 0 Å². The average Bonchev–Trinajstić information content (AvgIpc) is 2.78. The summed E-state index contributed by atoms with van der Waals surface area (Å²) in [5.74, 6) is -1.17. The van der Waals surface area contributed by atoms with Gasteiger partial charge in [0.1, 0.15) is 25.6 Å². The molecule has 0 aromatic rings. The van der Waals surface area contributed by atoms with Crippen LogP contribution in [0.5, 0.6) is 0 Å². The average molecular weight is 519 g/mol. The van der Waals surface area contributed by atoms with E-state index in [1.54, 1.807) is 0 Å². The third-order valence-corrected chi connectivity index (χ3v) is 4.34. The number of carbonyl (C=O) groups is 4. The molecule has 0 rings (SSSR count). The molecule has 0 bridgehead atoms. The fourth-order valence-corrected chi connectivity index (χ4v) is 2.41. The van der Waals surface area contributed by atoms with Crippen molar-refractivity contribution in [1.82, 2.24) is 18.4 Å². The van der Waals surface area contributed by atoms with Crippen LogP contribution in [0.3, 0.4) is 0 Å². The van der Waals surface area contributed by atoms with Gasteiger partial charge in [0.05, 0.1) is 12.1 Å². The van der Waals surface area contributed by atoms with E-state index in [-0.39, 0.29) is 22.8 Å². The molecule has 17 heteroatoms. The van der Waals surface area contributed by atoms with E-state index in [1.807, 2.05) is 0 Å². The van der Waals surface area contributed by atoms with Crippen molar-refractivity contribution in [3.05, 3.63) is 0 Å². The highest BCUT2D eigenvalue weighted by Crippen LogP contribution is 2.15. The van der Waals surface area contributed by atoms with Crippen molar-refractivity contribution < 1.29 is 38.5 Å². The minimum Gasteiger partial charge on any atom is -0.399 e. The van der Waals surface area contributed by atoms with Gasteiger partial charge in [-0.1, -0.05) is 20.6 Å². The number of hydrogen-bond donors (Lipinski definition) is 0. The molecule has 0 aliphatic carbocycles. The third-order valence-electron chi connectivity index (χ3n) is 3.55. The molecular formula is C18H30N8O8S. The fraction of sp³-hybridized carbons (Fsp3) is 0.556. The van der Waals surface area contributed by atoms with E-state index in [0.29, 0.717) is 12.1 Å². The van der Waals surface area contributed by atoms with Crippen molar-refractivity contribution in [3.63, 3.8) is 0 Å². The van der Waals surface area contributed by atoms with Crippen molar-refractivity contribution in [3.8, 4) is 0 Å².